The van der Waals surface area contributed by atoms with Gasteiger partial charge in [-0.25, -0.2) is 4.68 Å². The second-order valence-corrected chi connectivity index (χ2v) is 5.87. The Morgan fingerprint density at radius 3 is 2.90 bits per heavy atom. The highest BCUT2D eigenvalue weighted by Crippen LogP contribution is 2.27. The Bertz CT molecular complexity index is 687. The fourth-order valence-corrected chi connectivity index (χ4v) is 2.75. The molecule has 0 bridgehead atoms. The third-order valence-electron chi connectivity index (χ3n) is 3.07. The van der Waals surface area contributed by atoms with Crippen LogP contribution < -0.4 is 5.32 Å². The van der Waals surface area contributed by atoms with E-state index in [9.17, 15) is 10.1 Å². The average Bonchev–Trinajstić information content (AvgIpc) is 2.68. The predicted octanol–water partition coefficient (Wildman–Crippen LogP) is 3.71. The van der Waals surface area contributed by atoms with Gasteiger partial charge in [0.15, 0.2) is 0 Å². The Hall–Kier alpha value is -1.60. The predicted molar refractivity (Wildman–Crippen MR) is 85.9 cm³/mol. The first-order valence-corrected chi connectivity index (χ1v) is 7.43. The van der Waals surface area contributed by atoms with E-state index in [1.165, 1.54) is 4.68 Å². The van der Waals surface area contributed by atoms with Crippen molar-refractivity contribution in [2.45, 2.75) is 13.3 Å². The number of nitro groups is 1. The van der Waals surface area contributed by atoms with E-state index in [0.717, 1.165) is 10.0 Å². The van der Waals surface area contributed by atoms with Crippen molar-refractivity contribution >= 4 is 39.0 Å². The number of benzene rings is 1. The molecule has 0 aliphatic heterocycles. The molecule has 0 aliphatic carbocycles. The van der Waals surface area contributed by atoms with Crippen LogP contribution in [0.2, 0.25) is 5.02 Å². The van der Waals surface area contributed by atoms with Crippen LogP contribution in [0.4, 0.5) is 11.5 Å². The molecule has 2 aromatic rings. The molecule has 0 fully saturated rings. The van der Waals surface area contributed by atoms with Crippen molar-refractivity contribution in [1.82, 2.24) is 9.78 Å². The summed E-state index contributed by atoms with van der Waals surface area (Å²) >= 11 is 9.42. The van der Waals surface area contributed by atoms with E-state index in [1.54, 1.807) is 20.0 Å². The highest BCUT2D eigenvalue weighted by molar-refractivity contribution is 9.10. The van der Waals surface area contributed by atoms with E-state index < -0.39 is 4.92 Å². The maximum Gasteiger partial charge on any atom is 0.333 e. The molecule has 2 rings (SSSR count). The van der Waals surface area contributed by atoms with Crippen LogP contribution in [-0.2, 0) is 13.5 Å². The molecule has 0 radical (unpaired) electrons. The van der Waals surface area contributed by atoms with Crippen molar-refractivity contribution in [3.05, 3.63) is 49.1 Å². The minimum absolute atomic E-state index is 0.0164. The zero-order chi connectivity index (χ0) is 15.6. The summed E-state index contributed by atoms with van der Waals surface area (Å²) in [6.07, 6.45) is 0.683. The molecule has 0 amide bonds. The largest absolute Gasteiger partial charge is 0.364 e. The Morgan fingerprint density at radius 1 is 1.52 bits per heavy atom. The van der Waals surface area contributed by atoms with Gasteiger partial charge in [0.25, 0.3) is 0 Å². The molecule has 1 N–H and O–H groups in total. The first kappa shape index (κ1) is 15.8. The standard InChI is InChI=1S/C13H14BrClN4O2/c1-8-12(19(20)21)13(18(2)17-8)16-6-5-9-7-10(15)3-4-11(9)14/h3-4,7,16H,5-6H2,1-2H3. The van der Waals surface area contributed by atoms with Gasteiger partial charge in [0.05, 0.1) is 4.92 Å². The average molecular weight is 374 g/mol. The molecule has 0 aliphatic rings. The van der Waals surface area contributed by atoms with Crippen LogP contribution in [-0.4, -0.2) is 21.2 Å². The second-order valence-electron chi connectivity index (χ2n) is 4.58. The topological polar surface area (TPSA) is 73.0 Å². The summed E-state index contributed by atoms with van der Waals surface area (Å²) < 4.78 is 2.45. The molecule has 0 spiro atoms. The number of anilines is 1. The lowest BCUT2D eigenvalue weighted by atomic mass is 10.1. The number of rotatable bonds is 5. The number of nitrogens with one attached hydrogen (secondary N) is 1. The Kier molecular flexibility index (Phi) is 4.84. The van der Waals surface area contributed by atoms with E-state index in [4.69, 9.17) is 11.6 Å². The number of hydrogen-bond donors (Lipinski definition) is 1. The quantitative estimate of drug-likeness (QED) is 0.640. The molecule has 1 aromatic carbocycles. The molecule has 6 nitrogen and oxygen atoms in total. The van der Waals surface area contributed by atoms with Gasteiger partial charge >= 0.3 is 5.69 Å². The normalized spacial score (nSPS) is 10.7. The molecule has 21 heavy (non-hydrogen) atoms. The van der Waals surface area contributed by atoms with E-state index in [2.05, 4.69) is 26.3 Å². The molecular formula is C13H14BrClN4O2. The first-order chi connectivity index (χ1) is 9.90. The van der Waals surface area contributed by atoms with Gasteiger partial charge in [-0.3, -0.25) is 10.1 Å². The van der Waals surface area contributed by atoms with Crippen LogP contribution in [0.1, 0.15) is 11.3 Å². The summed E-state index contributed by atoms with van der Waals surface area (Å²) in [5.74, 6) is 0.413. The Labute approximate surface area is 135 Å². The molecule has 1 heterocycles. The summed E-state index contributed by atoms with van der Waals surface area (Å²) in [5.41, 5.74) is 1.45. The molecule has 8 heteroatoms. The van der Waals surface area contributed by atoms with Gasteiger partial charge < -0.3 is 5.32 Å². The number of aromatic nitrogens is 2. The van der Waals surface area contributed by atoms with Gasteiger partial charge in [0, 0.05) is 23.1 Å². The van der Waals surface area contributed by atoms with Crippen molar-refractivity contribution < 1.29 is 4.92 Å². The Morgan fingerprint density at radius 2 is 2.24 bits per heavy atom. The summed E-state index contributed by atoms with van der Waals surface area (Å²) in [7, 11) is 1.68. The first-order valence-electron chi connectivity index (χ1n) is 6.26. The van der Waals surface area contributed by atoms with Crippen molar-refractivity contribution in [2.24, 2.45) is 7.05 Å². The van der Waals surface area contributed by atoms with E-state index in [0.29, 0.717) is 29.5 Å². The van der Waals surface area contributed by atoms with Crippen LogP contribution in [0, 0.1) is 17.0 Å². The van der Waals surface area contributed by atoms with E-state index in [-0.39, 0.29) is 5.69 Å². The third kappa shape index (κ3) is 3.54. The zero-order valence-corrected chi connectivity index (χ0v) is 13.9. The van der Waals surface area contributed by atoms with Gasteiger partial charge in [0.2, 0.25) is 5.82 Å². The van der Waals surface area contributed by atoms with Crippen molar-refractivity contribution in [3.63, 3.8) is 0 Å². The van der Waals surface area contributed by atoms with E-state index in [1.807, 2.05) is 12.1 Å². The van der Waals surface area contributed by atoms with Crippen molar-refractivity contribution in [2.75, 3.05) is 11.9 Å². The second kappa shape index (κ2) is 6.44. The smallest absolute Gasteiger partial charge is 0.333 e. The molecule has 1 aromatic heterocycles. The third-order valence-corrected chi connectivity index (χ3v) is 4.08. The fraction of sp³-hybridized carbons (Fsp3) is 0.308. The lowest BCUT2D eigenvalue weighted by Crippen LogP contribution is -2.10. The number of aryl methyl sites for hydroxylation is 2. The van der Waals surface area contributed by atoms with Gasteiger partial charge in [-0.15, -0.1) is 0 Å². The fourth-order valence-electron chi connectivity index (χ4n) is 2.11. The van der Waals surface area contributed by atoms with Gasteiger partial charge in [-0.05, 0) is 37.1 Å². The highest BCUT2D eigenvalue weighted by atomic mass is 79.9. The molecule has 0 atom stereocenters. The van der Waals surface area contributed by atoms with Crippen molar-refractivity contribution in [1.29, 1.82) is 0 Å². The van der Waals surface area contributed by atoms with Gasteiger partial charge in [-0.1, -0.05) is 27.5 Å². The summed E-state index contributed by atoms with van der Waals surface area (Å²) in [5, 5.41) is 18.9. The number of hydrogen-bond acceptors (Lipinski definition) is 4. The molecule has 0 saturated carbocycles. The maximum atomic E-state index is 11.1. The Balaban J connectivity index is 2.11. The lowest BCUT2D eigenvalue weighted by molar-refractivity contribution is -0.384. The number of nitrogens with zero attached hydrogens (tertiary/aromatic N) is 3. The van der Waals surface area contributed by atoms with Crippen molar-refractivity contribution in [3.8, 4) is 0 Å². The monoisotopic (exact) mass is 372 g/mol. The van der Waals surface area contributed by atoms with Crippen LogP contribution >= 0.6 is 27.5 Å². The summed E-state index contributed by atoms with van der Waals surface area (Å²) in [6.45, 7) is 2.16. The lowest BCUT2D eigenvalue weighted by Gasteiger charge is -2.08. The van der Waals surface area contributed by atoms with Gasteiger partial charge in [-0.2, -0.15) is 5.10 Å². The minimum Gasteiger partial charge on any atom is -0.364 e. The SMILES string of the molecule is Cc1nn(C)c(NCCc2cc(Cl)ccc2Br)c1[N+](=O)[O-]. The zero-order valence-electron chi connectivity index (χ0n) is 11.6. The number of halogens is 2. The van der Waals surface area contributed by atoms with Crippen LogP contribution in [0.25, 0.3) is 0 Å². The molecular weight excluding hydrogens is 360 g/mol. The van der Waals surface area contributed by atoms with Crippen LogP contribution in [0.5, 0.6) is 0 Å². The minimum atomic E-state index is -0.417. The van der Waals surface area contributed by atoms with Crippen LogP contribution in [0.15, 0.2) is 22.7 Å². The van der Waals surface area contributed by atoms with E-state index >= 15 is 0 Å². The molecule has 0 saturated heterocycles. The molecule has 0 unspecified atom stereocenters. The summed E-state index contributed by atoms with van der Waals surface area (Å²) in [6, 6.07) is 5.56. The van der Waals surface area contributed by atoms with Gasteiger partial charge in [0.1, 0.15) is 5.69 Å². The van der Waals surface area contributed by atoms with Crippen LogP contribution in [0.3, 0.4) is 0 Å². The maximum absolute atomic E-state index is 11.1. The molecule has 112 valence electrons. The summed E-state index contributed by atoms with van der Waals surface area (Å²) in [4.78, 5) is 10.7. The highest BCUT2D eigenvalue weighted by Gasteiger charge is 2.23.